The van der Waals surface area contributed by atoms with Crippen LogP contribution in [0.3, 0.4) is 0 Å². The van der Waals surface area contributed by atoms with E-state index in [1.165, 1.54) is 6.08 Å². The van der Waals surface area contributed by atoms with E-state index in [1.807, 2.05) is 30.3 Å². The van der Waals surface area contributed by atoms with E-state index < -0.39 is 0 Å². The Balaban J connectivity index is 1.45. The van der Waals surface area contributed by atoms with E-state index >= 15 is 0 Å². The second kappa shape index (κ2) is 12.0. The van der Waals surface area contributed by atoms with Crippen LogP contribution in [0.15, 0.2) is 61.2 Å². The van der Waals surface area contributed by atoms with Crippen LogP contribution in [-0.2, 0) is 9.59 Å². The quantitative estimate of drug-likeness (QED) is 0.450. The summed E-state index contributed by atoms with van der Waals surface area (Å²) >= 11 is 6.07. The Bertz CT molecular complexity index is 1020. The molecule has 3 rings (SSSR count). The van der Waals surface area contributed by atoms with Gasteiger partial charge in [0.1, 0.15) is 6.61 Å². The highest BCUT2D eigenvalue weighted by Gasteiger charge is 2.21. The maximum absolute atomic E-state index is 12.5. The third-order valence-corrected chi connectivity index (χ3v) is 5.43. The molecule has 2 amide bonds. The van der Waals surface area contributed by atoms with Crippen LogP contribution >= 0.6 is 11.6 Å². The summed E-state index contributed by atoms with van der Waals surface area (Å²) < 4.78 is 10.8. The van der Waals surface area contributed by atoms with Crippen molar-refractivity contribution in [3.63, 3.8) is 0 Å². The summed E-state index contributed by atoms with van der Waals surface area (Å²) in [6.45, 7) is 6.57. The van der Waals surface area contributed by atoms with Crippen molar-refractivity contribution in [3.05, 3.63) is 71.8 Å². The first kappa shape index (κ1) is 24.2. The van der Waals surface area contributed by atoms with Crippen LogP contribution in [-0.4, -0.2) is 63.2 Å². The summed E-state index contributed by atoms with van der Waals surface area (Å²) in [5.74, 6) is 0.714. The van der Waals surface area contributed by atoms with Crippen molar-refractivity contribution in [2.75, 3.05) is 51.3 Å². The summed E-state index contributed by atoms with van der Waals surface area (Å²) in [5.41, 5.74) is 1.82. The molecule has 1 aliphatic rings. The summed E-state index contributed by atoms with van der Waals surface area (Å²) in [5, 5.41) is 3.35. The van der Waals surface area contributed by atoms with Crippen LogP contribution < -0.4 is 19.7 Å². The van der Waals surface area contributed by atoms with Crippen molar-refractivity contribution < 1.29 is 19.1 Å². The van der Waals surface area contributed by atoms with Gasteiger partial charge in [-0.25, -0.2) is 0 Å². The van der Waals surface area contributed by atoms with Crippen molar-refractivity contribution >= 4 is 35.2 Å². The second-order valence-corrected chi connectivity index (χ2v) is 7.85. The van der Waals surface area contributed by atoms with E-state index in [0.717, 1.165) is 11.3 Å². The SMILES string of the molecule is C=CCOc1ccc(/C=C/C(=O)NCC(=O)N2CCN(c3cccc(Cl)c3)CC2)cc1OC. The van der Waals surface area contributed by atoms with Gasteiger partial charge in [0.25, 0.3) is 0 Å². The Kier molecular flexibility index (Phi) is 8.78. The number of rotatable bonds is 9. The van der Waals surface area contributed by atoms with Gasteiger partial charge < -0.3 is 24.6 Å². The van der Waals surface area contributed by atoms with Crippen molar-refractivity contribution in [2.45, 2.75) is 0 Å². The van der Waals surface area contributed by atoms with Crippen LogP contribution in [0, 0.1) is 0 Å². The Morgan fingerprint density at radius 3 is 2.61 bits per heavy atom. The number of piperazine rings is 1. The average molecular weight is 470 g/mol. The number of nitrogens with zero attached hydrogens (tertiary/aromatic N) is 2. The molecule has 1 aliphatic heterocycles. The third kappa shape index (κ3) is 7.02. The smallest absolute Gasteiger partial charge is 0.244 e. The molecule has 0 saturated carbocycles. The molecule has 0 bridgehead atoms. The number of carbonyl (C=O) groups is 2. The van der Waals surface area contributed by atoms with Crippen molar-refractivity contribution in [1.82, 2.24) is 10.2 Å². The molecule has 0 radical (unpaired) electrons. The molecule has 0 spiro atoms. The number of hydrogen-bond donors (Lipinski definition) is 1. The van der Waals surface area contributed by atoms with Gasteiger partial charge >= 0.3 is 0 Å². The first-order valence-corrected chi connectivity index (χ1v) is 11.0. The topological polar surface area (TPSA) is 71.1 Å². The molecular formula is C25H28ClN3O4. The number of ether oxygens (including phenoxy) is 2. The Morgan fingerprint density at radius 2 is 1.91 bits per heavy atom. The standard InChI is InChI=1S/C25H28ClN3O4/c1-3-15-33-22-9-7-19(16-23(22)32-2)8-10-24(30)27-18-25(31)29-13-11-28(12-14-29)21-6-4-5-20(26)17-21/h3-10,16-17H,1,11-15,18H2,2H3,(H,27,30)/b10-8+. The lowest BCUT2D eigenvalue weighted by Gasteiger charge is -2.36. The summed E-state index contributed by atoms with van der Waals surface area (Å²) in [4.78, 5) is 28.6. The second-order valence-electron chi connectivity index (χ2n) is 7.41. The lowest BCUT2D eigenvalue weighted by atomic mass is 10.2. The molecule has 0 aromatic heterocycles. The Hall–Kier alpha value is -3.45. The van der Waals surface area contributed by atoms with Gasteiger partial charge in [0.2, 0.25) is 11.8 Å². The molecule has 2 aromatic rings. The summed E-state index contributed by atoms with van der Waals surface area (Å²) in [6, 6.07) is 13.0. The number of carbonyl (C=O) groups excluding carboxylic acids is 2. The molecule has 2 aromatic carbocycles. The molecule has 0 aliphatic carbocycles. The number of halogens is 1. The third-order valence-electron chi connectivity index (χ3n) is 5.19. The maximum atomic E-state index is 12.5. The number of nitrogens with one attached hydrogen (secondary N) is 1. The highest BCUT2D eigenvalue weighted by atomic mass is 35.5. The molecule has 0 unspecified atom stereocenters. The predicted octanol–water partition coefficient (Wildman–Crippen LogP) is 3.39. The minimum atomic E-state index is -0.341. The number of hydrogen-bond acceptors (Lipinski definition) is 5. The van der Waals surface area contributed by atoms with Gasteiger partial charge in [-0.2, -0.15) is 0 Å². The minimum absolute atomic E-state index is 0.0437. The molecule has 1 N–H and O–H groups in total. The van der Waals surface area contributed by atoms with Gasteiger partial charge in [-0.1, -0.05) is 36.4 Å². The molecule has 174 valence electrons. The van der Waals surface area contributed by atoms with Gasteiger partial charge in [-0.15, -0.1) is 0 Å². The zero-order valence-corrected chi connectivity index (χ0v) is 19.4. The lowest BCUT2D eigenvalue weighted by molar-refractivity contribution is -0.132. The zero-order chi connectivity index (χ0) is 23.6. The van der Waals surface area contributed by atoms with Gasteiger partial charge in [-0.05, 0) is 42.0 Å². The number of benzene rings is 2. The molecule has 1 heterocycles. The molecule has 33 heavy (non-hydrogen) atoms. The molecule has 1 fully saturated rings. The highest BCUT2D eigenvalue weighted by Crippen LogP contribution is 2.28. The van der Waals surface area contributed by atoms with E-state index in [9.17, 15) is 9.59 Å². The zero-order valence-electron chi connectivity index (χ0n) is 18.6. The van der Waals surface area contributed by atoms with Crippen LogP contribution in [0.4, 0.5) is 5.69 Å². The fourth-order valence-electron chi connectivity index (χ4n) is 3.45. The monoisotopic (exact) mass is 469 g/mol. The predicted molar refractivity (Wildman–Crippen MR) is 131 cm³/mol. The molecule has 0 atom stereocenters. The number of methoxy groups -OCH3 is 1. The lowest BCUT2D eigenvalue weighted by Crippen LogP contribution is -2.51. The summed E-state index contributed by atoms with van der Waals surface area (Å²) in [6.07, 6.45) is 4.70. The van der Waals surface area contributed by atoms with Gasteiger partial charge in [0, 0.05) is 43.0 Å². The first-order chi connectivity index (χ1) is 16.0. The summed E-state index contributed by atoms with van der Waals surface area (Å²) in [7, 11) is 1.55. The van der Waals surface area contributed by atoms with E-state index in [1.54, 1.807) is 36.3 Å². The van der Waals surface area contributed by atoms with E-state index in [-0.39, 0.29) is 18.4 Å². The average Bonchev–Trinajstić information content (AvgIpc) is 2.85. The highest BCUT2D eigenvalue weighted by molar-refractivity contribution is 6.30. The number of anilines is 1. The van der Waals surface area contributed by atoms with Crippen molar-refractivity contribution in [1.29, 1.82) is 0 Å². The van der Waals surface area contributed by atoms with E-state index in [2.05, 4.69) is 16.8 Å². The van der Waals surface area contributed by atoms with Crippen LogP contribution in [0.2, 0.25) is 5.02 Å². The fraction of sp³-hybridized carbons (Fsp3) is 0.280. The first-order valence-electron chi connectivity index (χ1n) is 10.7. The maximum Gasteiger partial charge on any atom is 0.244 e. The van der Waals surface area contributed by atoms with Crippen molar-refractivity contribution in [3.8, 4) is 11.5 Å². The van der Waals surface area contributed by atoms with Crippen LogP contribution in [0.5, 0.6) is 11.5 Å². The molecule has 1 saturated heterocycles. The van der Waals surface area contributed by atoms with Gasteiger partial charge in [0.05, 0.1) is 13.7 Å². The fourth-order valence-corrected chi connectivity index (χ4v) is 3.63. The van der Waals surface area contributed by atoms with E-state index in [4.69, 9.17) is 21.1 Å². The Morgan fingerprint density at radius 1 is 1.12 bits per heavy atom. The van der Waals surface area contributed by atoms with Crippen LogP contribution in [0.1, 0.15) is 5.56 Å². The van der Waals surface area contributed by atoms with Gasteiger partial charge in [0.15, 0.2) is 11.5 Å². The largest absolute Gasteiger partial charge is 0.493 e. The van der Waals surface area contributed by atoms with Crippen molar-refractivity contribution in [2.24, 2.45) is 0 Å². The molecule has 8 heteroatoms. The van der Waals surface area contributed by atoms with Crippen LogP contribution in [0.25, 0.3) is 6.08 Å². The van der Waals surface area contributed by atoms with E-state index in [0.29, 0.717) is 49.3 Å². The molecular weight excluding hydrogens is 442 g/mol. The normalized spacial score (nSPS) is 13.6. The number of amides is 2. The molecule has 7 nitrogen and oxygen atoms in total. The van der Waals surface area contributed by atoms with Gasteiger partial charge in [-0.3, -0.25) is 9.59 Å². The Labute approximate surface area is 199 Å². The minimum Gasteiger partial charge on any atom is -0.493 e.